The predicted molar refractivity (Wildman–Crippen MR) is 134 cm³/mol. The first-order valence-electron chi connectivity index (χ1n) is 10.2. The molecule has 1 atom stereocenters. The van der Waals surface area contributed by atoms with Crippen LogP contribution in [-0.4, -0.2) is 38.2 Å². The summed E-state index contributed by atoms with van der Waals surface area (Å²) in [5, 5.41) is 3.09. The smallest absolute Gasteiger partial charge is 0.193 e. The summed E-state index contributed by atoms with van der Waals surface area (Å²) < 4.78 is 10.6. The highest BCUT2D eigenvalue weighted by Crippen LogP contribution is 2.28. The van der Waals surface area contributed by atoms with Gasteiger partial charge in [0.2, 0.25) is 0 Å². The van der Waals surface area contributed by atoms with Gasteiger partial charge in [0.1, 0.15) is 11.5 Å². The molecule has 3 rings (SSSR count). The Balaban J connectivity index is 0.00000320. The van der Waals surface area contributed by atoms with Crippen molar-refractivity contribution < 1.29 is 9.47 Å². The Hall–Kier alpha value is -2.00. The first kappa shape index (κ1) is 24.3. The molecule has 3 N–H and O–H groups in total. The van der Waals surface area contributed by atoms with Crippen LogP contribution in [0.4, 0.5) is 5.69 Å². The highest BCUT2D eigenvalue weighted by atomic mass is 127. The van der Waals surface area contributed by atoms with Crippen LogP contribution in [0.3, 0.4) is 0 Å². The van der Waals surface area contributed by atoms with E-state index in [1.54, 1.807) is 14.2 Å². The van der Waals surface area contributed by atoms with E-state index in [1.165, 1.54) is 31.5 Å². The third-order valence-electron chi connectivity index (χ3n) is 5.27. The van der Waals surface area contributed by atoms with Gasteiger partial charge in [0, 0.05) is 19.2 Å². The van der Waals surface area contributed by atoms with Gasteiger partial charge in [0.15, 0.2) is 5.96 Å². The molecule has 2 aromatic rings. The van der Waals surface area contributed by atoms with Gasteiger partial charge in [-0.05, 0) is 48.6 Å². The van der Waals surface area contributed by atoms with Crippen LogP contribution in [0.25, 0.3) is 0 Å². The number of nitrogens with zero attached hydrogens (tertiary/aromatic N) is 2. The predicted octanol–water partition coefficient (Wildman–Crippen LogP) is 4.48. The number of nitrogens with two attached hydrogens (primary N) is 1. The zero-order valence-corrected chi connectivity index (χ0v) is 20.4. The van der Waals surface area contributed by atoms with Gasteiger partial charge in [-0.15, -0.1) is 24.0 Å². The van der Waals surface area contributed by atoms with E-state index in [0.29, 0.717) is 18.3 Å². The third kappa shape index (κ3) is 7.05. The summed E-state index contributed by atoms with van der Waals surface area (Å²) in [6.45, 7) is 6.28. The molecule has 1 fully saturated rings. The van der Waals surface area contributed by atoms with Crippen LogP contribution in [0.2, 0.25) is 0 Å². The summed E-state index contributed by atoms with van der Waals surface area (Å²) in [5.41, 5.74) is 9.27. The molecule has 7 heteroatoms. The van der Waals surface area contributed by atoms with Gasteiger partial charge in [-0.2, -0.15) is 0 Å². The van der Waals surface area contributed by atoms with Crippen LogP contribution in [0.15, 0.2) is 47.5 Å². The van der Waals surface area contributed by atoms with Crippen LogP contribution in [0.5, 0.6) is 11.5 Å². The summed E-state index contributed by atoms with van der Waals surface area (Å²) >= 11 is 0. The molecule has 30 heavy (non-hydrogen) atoms. The van der Waals surface area contributed by atoms with Crippen molar-refractivity contribution in [2.45, 2.75) is 32.9 Å². The minimum atomic E-state index is 0. The van der Waals surface area contributed by atoms with E-state index in [2.05, 4.69) is 46.4 Å². The second-order valence-electron chi connectivity index (χ2n) is 7.69. The Morgan fingerprint density at radius 3 is 2.53 bits per heavy atom. The highest BCUT2D eigenvalue weighted by Gasteiger charge is 2.16. The first-order valence-corrected chi connectivity index (χ1v) is 10.2. The maximum Gasteiger partial charge on any atom is 0.193 e. The van der Waals surface area contributed by atoms with E-state index >= 15 is 0 Å². The quantitative estimate of drug-likeness (QED) is 0.318. The van der Waals surface area contributed by atoms with Gasteiger partial charge < -0.3 is 20.5 Å². The number of anilines is 1. The number of methoxy groups -OCH3 is 2. The van der Waals surface area contributed by atoms with Gasteiger partial charge in [-0.25, -0.2) is 4.99 Å². The monoisotopic (exact) mass is 524 g/mol. The molecule has 0 bridgehead atoms. The van der Waals surface area contributed by atoms with Crippen molar-refractivity contribution in [2.75, 3.05) is 32.6 Å². The number of benzene rings is 2. The number of rotatable bonds is 7. The summed E-state index contributed by atoms with van der Waals surface area (Å²) in [7, 11) is 3.24. The van der Waals surface area contributed by atoms with Gasteiger partial charge in [0.25, 0.3) is 0 Å². The van der Waals surface area contributed by atoms with Crippen molar-refractivity contribution in [3.8, 4) is 11.5 Å². The van der Waals surface area contributed by atoms with Crippen molar-refractivity contribution >= 4 is 35.6 Å². The molecule has 2 aromatic carbocycles. The Bertz CT molecular complexity index is 826. The van der Waals surface area contributed by atoms with Crippen molar-refractivity contribution in [1.82, 2.24) is 4.90 Å². The standard InChI is InChI=1S/C23H32N4O2.HI/c1-17-5-4-12-27(15-17)16-19-8-6-18(7-9-19)14-25-23(24)26-21-13-20(28-2)10-11-22(21)29-3;/h6-11,13,17H,4-5,12,14-16H2,1-3H3,(H3,24,25,26);1H. The molecule has 0 amide bonds. The van der Waals surface area contributed by atoms with E-state index in [9.17, 15) is 0 Å². The van der Waals surface area contributed by atoms with E-state index < -0.39 is 0 Å². The Morgan fingerprint density at radius 2 is 1.87 bits per heavy atom. The van der Waals surface area contributed by atoms with Crippen LogP contribution in [0.1, 0.15) is 30.9 Å². The van der Waals surface area contributed by atoms with Gasteiger partial charge in [-0.3, -0.25) is 4.90 Å². The zero-order valence-electron chi connectivity index (χ0n) is 18.1. The number of nitrogens with one attached hydrogen (secondary N) is 1. The Kier molecular flexibility index (Phi) is 9.71. The van der Waals surface area contributed by atoms with E-state index in [-0.39, 0.29) is 24.0 Å². The summed E-state index contributed by atoms with van der Waals surface area (Å²) in [5.74, 6) is 2.54. The summed E-state index contributed by atoms with van der Waals surface area (Å²) in [6.07, 6.45) is 2.66. The third-order valence-corrected chi connectivity index (χ3v) is 5.27. The second kappa shape index (κ2) is 12.0. The average molecular weight is 524 g/mol. The Morgan fingerprint density at radius 1 is 1.13 bits per heavy atom. The van der Waals surface area contributed by atoms with Crippen LogP contribution < -0.4 is 20.5 Å². The summed E-state index contributed by atoms with van der Waals surface area (Å²) in [6, 6.07) is 14.1. The zero-order chi connectivity index (χ0) is 20.6. The number of hydrogen-bond donors (Lipinski definition) is 2. The van der Waals surface area contributed by atoms with Crippen LogP contribution in [-0.2, 0) is 13.1 Å². The molecule has 0 aliphatic carbocycles. The average Bonchev–Trinajstić information content (AvgIpc) is 2.73. The molecule has 0 spiro atoms. The van der Waals surface area contributed by atoms with Crippen molar-refractivity contribution in [3.05, 3.63) is 53.6 Å². The largest absolute Gasteiger partial charge is 0.497 e. The molecule has 164 valence electrons. The molecule has 0 aromatic heterocycles. The maximum absolute atomic E-state index is 6.07. The van der Waals surface area contributed by atoms with Crippen LogP contribution in [0, 0.1) is 5.92 Å². The molecule has 1 aliphatic rings. The molecule has 1 saturated heterocycles. The van der Waals surface area contributed by atoms with Crippen molar-refractivity contribution in [1.29, 1.82) is 0 Å². The number of aliphatic imine (C=N–C) groups is 1. The van der Waals surface area contributed by atoms with Crippen molar-refractivity contribution in [3.63, 3.8) is 0 Å². The maximum atomic E-state index is 6.07. The molecule has 0 saturated carbocycles. The normalized spacial score (nSPS) is 17.2. The number of hydrogen-bond acceptors (Lipinski definition) is 4. The molecule has 0 radical (unpaired) electrons. The lowest BCUT2D eigenvalue weighted by Crippen LogP contribution is -2.33. The first-order chi connectivity index (χ1) is 14.1. The fourth-order valence-electron chi connectivity index (χ4n) is 3.70. The Labute approximate surface area is 196 Å². The fourth-order valence-corrected chi connectivity index (χ4v) is 3.70. The number of piperidine rings is 1. The topological polar surface area (TPSA) is 72.1 Å². The second-order valence-corrected chi connectivity index (χ2v) is 7.69. The van der Waals surface area contributed by atoms with Crippen molar-refractivity contribution in [2.24, 2.45) is 16.6 Å². The van der Waals surface area contributed by atoms with Gasteiger partial charge in [-0.1, -0.05) is 31.2 Å². The van der Waals surface area contributed by atoms with E-state index in [0.717, 1.165) is 29.5 Å². The summed E-state index contributed by atoms with van der Waals surface area (Å²) in [4.78, 5) is 7.00. The van der Waals surface area contributed by atoms with E-state index in [4.69, 9.17) is 15.2 Å². The molecule has 1 unspecified atom stereocenters. The lowest BCUT2D eigenvalue weighted by atomic mass is 9.99. The molecular weight excluding hydrogens is 491 g/mol. The SMILES string of the molecule is COc1ccc(OC)c(NC(N)=NCc2ccc(CN3CCCC(C)C3)cc2)c1.I. The van der Waals surface area contributed by atoms with E-state index in [1.807, 2.05) is 18.2 Å². The van der Waals surface area contributed by atoms with Gasteiger partial charge >= 0.3 is 0 Å². The number of guanidine groups is 1. The fraction of sp³-hybridized carbons (Fsp3) is 0.435. The number of likely N-dealkylation sites (tertiary alicyclic amines) is 1. The molecule has 1 aliphatic heterocycles. The lowest BCUT2D eigenvalue weighted by molar-refractivity contribution is 0.176. The minimum absolute atomic E-state index is 0. The van der Waals surface area contributed by atoms with Gasteiger partial charge in [0.05, 0.1) is 26.5 Å². The number of halogens is 1. The minimum Gasteiger partial charge on any atom is -0.497 e. The highest BCUT2D eigenvalue weighted by molar-refractivity contribution is 14.0. The number of ether oxygens (including phenoxy) is 2. The lowest BCUT2D eigenvalue weighted by Gasteiger charge is -2.30. The molecule has 1 heterocycles. The molecular formula is C23H33IN4O2. The van der Waals surface area contributed by atoms with Crippen LogP contribution >= 0.6 is 24.0 Å². The molecule has 6 nitrogen and oxygen atoms in total.